The molecule has 0 radical (unpaired) electrons. The molecular weight excluding hydrogens is 330 g/mol. The molecule has 2 aliphatic heterocycles. The molecule has 24 heavy (non-hydrogen) atoms. The van der Waals surface area contributed by atoms with Gasteiger partial charge in [0.15, 0.2) is 0 Å². The fourth-order valence-corrected chi connectivity index (χ4v) is 4.81. The minimum atomic E-state index is -3.21. The van der Waals surface area contributed by atoms with Crippen LogP contribution >= 0.6 is 0 Å². The van der Waals surface area contributed by atoms with E-state index in [1.807, 2.05) is 0 Å². The van der Waals surface area contributed by atoms with Gasteiger partial charge in [-0.15, -0.1) is 0 Å². The summed E-state index contributed by atoms with van der Waals surface area (Å²) < 4.78 is 25.2. The molecule has 0 atom stereocenters. The summed E-state index contributed by atoms with van der Waals surface area (Å²) in [6, 6.07) is 6.66. The zero-order valence-corrected chi connectivity index (χ0v) is 14.2. The van der Waals surface area contributed by atoms with Crippen LogP contribution in [0.1, 0.15) is 29.6 Å². The molecule has 3 rings (SSSR count). The number of likely N-dealkylation sites (tertiary alicyclic amines) is 1. The number of sulfonamides is 1. The maximum absolute atomic E-state index is 12.5. The smallest absolute Gasteiger partial charge is 0.253 e. The predicted octanol–water partition coefficient (Wildman–Crippen LogP) is 0.564. The highest BCUT2D eigenvalue weighted by molar-refractivity contribution is 7.93. The van der Waals surface area contributed by atoms with Crippen molar-refractivity contribution < 1.29 is 18.0 Å². The number of piperidine rings is 1. The molecule has 2 amide bonds. The molecule has 2 N–H and O–H groups in total. The van der Waals surface area contributed by atoms with Crippen LogP contribution in [0.15, 0.2) is 24.3 Å². The summed E-state index contributed by atoms with van der Waals surface area (Å²) in [5.74, 6) is -0.397. The average Bonchev–Trinajstić information content (AvgIpc) is 2.93. The maximum atomic E-state index is 12.5. The number of hydrogen-bond donors (Lipinski definition) is 1. The van der Waals surface area contributed by atoms with Crippen molar-refractivity contribution in [3.05, 3.63) is 29.8 Å². The topological polar surface area (TPSA) is 101 Å². The number of nitrogens with two attached hydrogens (primary N) is 1. The maximum Gasteiger partial charge on any atom is 0.253 e. The van der Waals surface area contributed by atoms with Crippen LogP contribution in [0.25, 0.3) is 0 Å². The van der Waals surface area contributed by atoms with Crippen molar-refractivity contribution in [2.45, 2.75) is 19.3 Å². The summed E-state index contributed by atoms with van der Waals surface area (Å²) in [5, 5.41) is 0. The minimum Gasteiger partial charge on any atom is -0.369 e. The van der Waals surface area contributed by atoms with Crippen LogP contribution < -0.4 is 10.0 Å². The van der Waals surface area contributed by atoms with Crippen molar-refractivity contribution in [1.29, 1.82) is 0 Å². The van der Waals surface area contributed by atoms with Crippen molar-refractivity contribution >= 4 is 27.5 Å². The van der Waals surface area contributed by atoms with Crippen LogP contribution in [0.2, 0.25) is 0 Å². The van der Waals surface area contributed by atoms with Gasteiger partial charge in [0.2, 0.25) is 15.9 Å². The van der Waals surface area contributed by atoms with Crippen LogP contribution in [0.3, 0.4) is 0 Å². The summed E-state index contributed by atoms with van der Waals surface area (Å²) in [7, 11) is -3.21. The molecule has 130 valence electrons. The predicted molar refractivity (Wildman–Crippen MR) is 90.0 cm³/mol. The molecule has 2 fully saturated rings. The standard InChI is InChI=1S/C16H21N3O4S/c17-15(20)12-6-9-18(10-7-12)16(21)13-2-4-14(5-3-13)19-8-1-11-24(19,22)23/h2-5,12H,1,6-11H2,(H2,17,20). The monoisotopic (exact) mass is 351 g/mol. The largest absolute Gasteiger partial charge is 0.369 e. The Morgan fingerprint density at radius 1 is 1.04 bits per heavy atom. The van der Waals surface area contributed by atoms with E-state index in [0.717, 1.165) is 0 Å². The Kier molecular flexibility index (Phi) is 4.49. The molecule has 2 saturated heterocycles. The zero-order chi connectivity index (χ0) is 17.3. The second kappa shape index (κ2) is 6.43. The van der Waals surface area contributed by atoms with E-state index < -0.39 is 10.0 Å². The number of anilines is 1. The number of benzene rings is 1. The number of rotatable bonds is 3. The summed E-state index contributed by atoms with van der Waals surface area (Å²) in [6.45, 7) is 1.50. The summed E-state index contributed by atoms with van der Waals surface area (Å²) >= 11 is 0. The molecule has 0 unspecified atom stereocenters. The Bertz CT molecular complexity index is 737. The van der Waals surface area contributed by atoms with Gasteiger partial charge < -0.3 is 10.6 Å². The normalized spacial score (nSPS) is 21.0. The molecule has 8 heteroatoms. The van der Waals surface area contributed by atoms with Gasteiger partial charge in [-0.3, -0.25) is 13.9 Å². The van der Waals surface area contributed by atoms with Crippen LogP contribution in [-0.4, -0.2) is 50.5 Å². The highest BCUT2D eigenvalue weighted by atomic mass is 32.2. The van der Waals surface area contributed by atoms with E-state index in [2.05, 4.69) is 0 Å². The number of amides is 2. The van der Waals surface area contributed by atoms with E-state index >= 15 is 0 Å². The molecule has 7 nitrogen and oxygen atoms in total. The van der Waals surface area contributed by atoms with Crippen molar-refractivity contribution in [3.63, 3.8) is 0 Å². The fraction of sp³-hybridized carbons (Fsp3) is 0.500. The third-order valence-corrected chi connectivity index (χ3v) is 6.56. The first kappa shape index (κ1) is 16.8. The lowest BCUT2D eigenvalue weighted by atomic mass is 9.96. The van der Waals surface area contributed by atoms with E-state index in [0.29, 0.717) is 50.1 Å². The Morgan fingerprint density at radius 2 is 1.67 bits per heavy atom. The molecule has 1 aromatic rings. The molecule has 1 aromatic carbocycles. The van der Waals surface area contributed by atoms with Crippen molar-refractivity contribution in [2.24, 2.45) is 11.7 Å². The Balaban J connectivity index is 1.68. The molecule has 0 spiro atoms. The second-order valence-corrected chi connectivity index (χ2v) is 8.27. The van der Waals surface area contributed by atoms with Crippen LogP contribution in [-0.2, 0) is 14.8 Å². The molecule has 0 saturated carbocycles. The van der Waals surface area contributed by atoms with Gasteiger partial charge >= 0.3 is 0 Å². The van der Waals surface area contributed by atoms with E-state index in [1.54, 1.807) is 29.2 Å². The van der Waals surface area contributed by atoms with E-state index in [1.165, 1.54) is 4.31 Å². The number of hydrogen-bond acceptors (Lipinski definition) is 4. The minimum absolute atomic E-state index is 0.103. The van der Waals surface area contributed by atoms with Crippen molar-refractivity contribution in [1.82, 2.24) is 4.90 Å². The van der Waals surface area contributed by atoms with E-state index in [9.17, 15) is 18.0 Å². The van der Waals surface area contributed by atoms with Gasteiger partial charge in [0.25, 0.3) is 5.91 Å². The lowest BCUT2D eigenvalue weighted by molar-refractivity contribution is -0.123. The van der Waals surface area contributed by atoms with E-state index in [4.69, 9.17) is 5.73 Å². The van der Waals surface area contributed by atoms with E-state index in [-0.39, 0.29) is 23.5 Å². The van der Waals surface area contributed by atoms with Gasteiger partial charge in [-0.2, -0.15) is 0 Å². The molecule has 0 aliphatic carbocycles. The molecule has 0 aromatic heterocycles. The highest BCUT2D eigenvalue weighted by Gasteiger charge is 2.29. The lowest BCUT2D eigenvalue weighted by Gasteiger charge is -2.30. The first-order valence-electron chi connectivity index (χ1n) is 8.07. The first-order chi connectivity index (χ1) is 11.4. The Morgan fingerprint density at radius 3 is 2.17 bits per heavy atom. The number of carbonyl (C=O) groups excluding carboxylic acids is 2. The number of carbonyl (C=O) groups is 2. The first-order valence-corrected chi connectivity index (χ1v) is 9.68. The third-order valence-electron chi connectivity index (χ3n) is 4.69. The Hall–Kier alpha value is -2.09. The average molecular weight is 351 g/mol. The quantitative estimate of drug-likeness (QED) is 0.860. The van der Waals surface area contributed by atoms with Gasteiger partial charge in [0, 0.05) is 31.1 Å². The summed E-state index contributed by atoms with van der Waals surface area (Å²) in [6.07, 6.45) is 1.80. The van der Waals surface area contributed by atoms with Crippen LogP contribution in [0.5, 0.6) is 0 Å². The fourth-order valence-electron chi connectivity index (χ4n) is 3.25. The lowest BCUT2D eigenvalue weighted by Crippen LogP contribution is -2.41. The van der Waals surface area contributed by atoms with Gasteiger partial charge in [-0.1, -0.05) is 0 Å². The van der Waals surface area contributed by atoms with Gasteiger partial charge in [-0.05, 0) is 43.5 Å². The molecule has 2 heterocycles. The number of primary amides is 1. The van der Waals surface area contributed by atoms with Crippen LogP contribution in [0, 0.1) is 5.92 Å². The molecule has 2 aliphatic rings. The van der Waals surface area contributed by atoms with Crippen molar-refractivity contribution in [2.75, 3.05) is 29.7 Å². The Labute approximate surface area is 141 Å². The third kappa shape index (κ3) is 3.24. The van der Waals surface area contributed by atoms with Gasteiger partial charge in [-0.25, -0.2) is 8.42 Å². The zero-order valence-electron chi connectivity index (χ0n) is 13.3. The molecule has 0 bridgehead atoms. The van der Waals surface area contributed by atoms with Crippen LogP contribution in [0.4, 0.5) is 5.69 Å². The second-order valence-electron chi connectivity index (χ2n) is 6.26. The SMILES string of the molecule is NC(=O)C1CCN(C(=O)c2ccc(N3CCCS3(=O)=O)cc2)CC1. The number of nitrogens with zero attached hydrogens (tertiary/aromatic N) is 2. The van der Waals surface area contributed by atoms with Gasteiger partial charge in [0.1, 0.15) is 0 Å². The molecular formula is C16H21N3O4S. The van der Waals surface area contributed by atoms with Gasteiger partial charge in [0.05, 0.1) is 11.4 Å². The summed E-state index contributed by atoms with van der Waals surface area (Å²) in [4.78, 5) is 25.4. The highest BCUT2D eigenvalue weighted by Crippen LogP contribution is 2.25. The van der Waals surface area contributed by atoms with Crippen molar-refractivity contribution in [3.8, 4) is 0 Å². The summed E-state index contributed by atoms with van der Waals surface area (Å²) in [5.41, 5.74) is 6.42.